The molecule has 0 saturated heterocycles. The molecule has 1 atom stereocenters. The summed E-state index contributed by atoms with van der Waals surface area (Å²) in [6.07, 6.45) is 1.45. The molecular weight excluding hydrogens is 474 g/mol. The number of hydrazone groups is 1. The van der Waals surface area contributed by atoms with Gasteiger partial charge in [-0.15, -0.1) is 0 Å². The standard InChI is InChI=1S/C24H25N3O5S2/c1-17-4-6-19(7-5-17)24-16-23(18-8-10-20(11-9-18)26-33(3,28)29)25-27(24)34(30,31)22-14-12-21(32-2)13-15-22/h4-15,24,26H,16H2,1-3H3/t24-/m0/s1. The Morgan fingerprint density at radius 1 is 0.912 bits per heavy atom. The molecular formula is C24H25N3O5S2. The van der Waals surface area contributed by atoms with Crippen LogP contribution in [0.4, 0.5) is 5.69 Å². The first-order valence-electron chi connectivity index (χ1n) is 10.5. The first-order chi connectivity index (χ1) is 16.1. The highest BCUT2D eigenvalue weighted by Gasteiger charge is 2.37. The molecule has 10 heteroatoms. The molecule has 0 amide bonds. The lowest BCUT2D eigenvalue weighted by molar-refractivity contribution is 0.371. The third-order valence-electron chi connectivity index (χ3n) is 5.46. The van der Waals surface area contributed by atoms with Crippen molar-refractivity contribution in [3.05, 3.63) is 89.5 Å². The maximum Gasteiger partial charge on any atom is 0.279 e. The molecule has 3 aromatic rings. The van der Waals surface area contributed by atoms with Crippen molar-refractivity contribution in [1.82, 2.24) is 4.41 Å². The van der Waals surface area contributed by atoms with Crippen LogP contribution in [0.1, 0.15) is 29.2 Å². The molecule has 3 aromatic carbocycles. The van der Waals surface area contributed by atoms with E-state index in [2.05, 4.69) is 9.82 Å². The second-order valence-corrected chi connectivity index (χ2v) is 11.6. The van der Waals surface area contributed by atoms with E-state index in [1.165, 1.54) is 19.2 Å². The van der Waals surface area contributed by atoms with Crippen molar-refractivity contribution >= 4 is 31.4 Å². The number of nitrogens with zero attached hydrogens (tertiary/aromatic N) is 2. The number of anilines is 1. The zero-order chi connectivity index (χ0) is 24.5. The minimum atomic E-state index is -3.95. The van der Waals surface area contributed by atoms with E-state index in [9.17, 15) is 16.8 Å². The molecule has 1 N–H and O–H groups in total. The van der Waals surface area contributed by atoms with Gasteiger partial charge in [0, 0.05) is 12.1 Å². The lowest BCUT2D eigenvalue weighted by Gasteiger charge is -2.23. The normalized spacial score (nSPS) is 16.3. The highest BCUT2D eigenvalue weighted by Crippen LogP contribution is 2.37. The fraction of sp³-hybridized carbons (Fsp3) is 0.208. The van der Waals surface area contributed by atoms with Gasteiger partial charge in [-0.3, -0.25) is 4.72 Å². The Balaban J connectivity index is 1.72. The van der Waals surface area contributed by atoms with Gasteiger partial charge in [0.15, 0.2) is 0 Å². The van der Waals surface area contributed by atoms with E-state index in [1.807, 2.05) is 31.2 Å². The van der Waals surface area contributed by atoms with Crippen molar-refractivity contribution in [3.8, 4) is 5.75 Å². The Morgan fingerprint density at radius 3 is 2.09 bits per heavy atom. The second kappa shape index (κ2) is 9.11. The molecule has 0 saturated carbocycles. The van der Waals surface area contributed by atoms with Gasteiger partial charge in [-0.2, -0.15) is 17.9 Å². The summed E-state index contributed by atoms with van der Waals surface area (Å²) in [6.45, 7) is 1.97. The summed E-state index contributed by atoms with van der Waals surface area (Å²) >= 11 is 0. The lowest BCUT2D eigenvalue weighted by atomic mass is 9.98. The van der Waals surface area contributed by atoms with Crippen molar-refractivity contribution in [3.63, 3.8) is 0 Å². The zero-order valence-corrected chi connectivity index (χ0v) is 20.6. The molecule has 0 unspecified atom stereocenters. The van der Waals surface area contributed by atoms with E-state index in [-0.39, 0.29) is 4.90 Å². The summed E-state index contributed by atoms with van der Waals surface area (Å²) in [5.74, 6) is 0.558. The van der Waals surface area contributed by atoms with Gasteiger partial charge in [0.2, 0.25) is 10.0 Å². The predicted molar refractivity (Wildman–Crippen MR) is 132 cm³/mol. The number of nitrogens with one attached hydrogen (secondary N) is 1. The van der Waals surface area contributed by atoms with Crippen molar-refractivity contribution in [1.29, 1.82) is 0 Å². The molecule has 0 fully saturated rings. The lowest BCUT2D eigenvalue weighted by Crippen LogP contribution is -2.27. The highest BCUT2D eigenvalue weighted by atomic mass is 32.2. The van der Waals surface area contributed by atoms with E-state index in [1.54, 1.807) is 36.4 Å². The second-order valence-electron chi connectivity index (χ2n) is 8.08. The van der Waals surface area contributed by atoms with Gasteiger partial charge >= 0.3 is 0 Å². The number of hydrogen-bond acceptors (Lipinski definition) is 6. The van der Waals surface area contributed by atoms with Gasteiger partial charge in [0.05, 0.1) is 30.0 Å². The fourth-order valence-corrected chi connectivity index (χ4v) is 5.72. The summed E-state index contributed by atoms with van der Waals surface area (Å²) < 4.78 is 58.8. The maximum atomic E-state index is 13.6. The molecule has 178 valence electrons. The van der Waals surface area contributed by atoms with E-state index in [0.717, 1.165) is 21.8 Å². The molecule has 0 aromatic heterocycles. The van der Waals surface area contributed by atoms with Gasteiger partial charge in [0.25, 0.3) is 10.0 Å². The molecule has 1 heterocycles. The minimum Gasteiger partial charge on any atom is -0.497 e. The number of ether oxygens (including phenoxy) is 1. The van der Waals surface area contributed by atoms with E-state index in [0.29, 0.717) is 29.1 Å². The number of rotatable bonds is 7. The summed E-state index contributed by atoms with van der Waals surface area (Å²) in [5, 5.41) is 4.53. The number of hydrogen-bond donors (Lipinski definition) is 1. The topological polar surface area (TPSA) is 105 Å². The Hall–Kier alpha value is -3.37. The average Bonchev–Trinajstić information content (AvgIpc) is 3.25. The Bertz CT molecular complexity index is 1420. The van der Waals surface area contributed by atoms with Gasteiger partial charge in [-0.1, -0.05) is 42.0 Å². The third kappa shape index (κ3) is 5.07. The SMILES string of the molecule is COc1ccc(S(=O)(=O)N2N=C(c3ccc(NS(C)(=O)=O)cc3)C[C@H]2c2ccc(C)cc2)cc1. The summed E-state index contributed by atoms with van der Waals surface area (Å²) in [6, 6.07) is 20.1. The van der Waals surface area contributed by atoms with Crippen LogP contribution in [0.3, 0.4) is 0 Å². The maximum absolute atomic E-state index is 13.6. The highest BCUT2D eigenvalue weighted by molar-refractivity contribution is 7.92. The van der Waals surface area contributed by atoms with Crippen LogP contribution in [0.25, 0.3) is 0 Å². The summed E-state index contributed by atoms with van der Waals surface area (Å²) in [4.78, 5) is 0.114. The molecule has 0 radical (unpaired) electrons. The summed E-state index contributed by atoms with van der Waals surface area (Å²) in [7, 11) is -5.83. The number of aryl methyl sites for hydroxylation is 1. The van der Waals surface area contributed by atoms with E-state index in [4.69, 9.17) is 4.74 Å². The van der Waals surface area contributed by atoms with Gasteiger partial charge in [-0.05, 0) is 54.4 Å². The quantitative estimate of drug-likeness (QED) is 0.531. The minimum absolute atomic E-state index is 0.114. The van der Waals surface area contributed by atoms with Crippen molar-refractivity contribution in [2.75, 3.05) is 18.1 Å². The third-order valence-corrected chi connectivity index (χ3v) is 7.76. The number of methoxy groups -OCH3 is 1. The molecule has 1 aliphatic rings. The first kappa shape index (κ1) is 23.8. The van der Waals surface area contributed by atoms with Crippen LogP contribution in [0.15, 0.2) is 82.8 Å². The van der Waals surface area contributed by atoms with Gasteiger partial charge < -0.3 is 4.74 Å². The number of benzene rings is 3. The number of sulfonamides is 2. The van der Waals surface area contributed by atoms with Gasteiger partial charge in [0.1, 0.15) is 5.75 Å². The molecule has 8 nitrogen and oxygen atoms in total. The van der Waals surface area contributed by atoms with Crippen LogP contribution in [0.5, 0.6) is 5.75 Å². The molecule has 0 bridgehead atoms. The van der Waals surface area contributed by atoms with E-state index < -0.39 is 26.1 Å². The van der Waals surface area contributed by atoms with Crippen LogP contribution >= 0.6 is 0 Å². The summed E-state index contributed by atoms with van der Waals surface area (Å²) in [5.41, 5.74) is 3.62. The van der Waals surface area contributed by atoms with Crippen LogP contribution < -0.4 is 9.46 Å². The van der Waals surface area contributed by atoms with Crippen molar-refractivity contribution < 1.29 is 21.6 Å². The largest absolute Gasteiger partial charge is 0.497 e. The van der Waals surface area contributed by atoms with Crippen molar-refractivity contribution in [2.24, 2.45) is 5.10 Å². The first-order valence-corrected chi connectivity index (χ1v) is 13.8. The smallest absolute Gasteiger partial charge is 0.279 e. The van der Waals surface area contributed by atoms with Crippen LogP contribution in [0.2, 0.25) is 0 Å². The predicted octanol–water partition coefficient (Wildman–Crippen LogP) is 3.92. The fourth-order valence-electron chi connectivity index (χ4n) is 3.72. The Labute approximate surface area is 200 Å². The van der Waals surface area contributed by atoms with Crippen LogP contribution in [-0.2, 0) is 20.0 Å². The zero-order valence-electron chi connectivity index (χ0n) is 19.0. The monoisotopic (exact) mass is 499 g/mol. The molecule has 0 aliphatic carbocycles. The molecule has 34 heavy (non-hydrogen) atoms. The van der Waals surface area contributed by atoms with Gasteiger partial charge in [-0.25, -0.2) is 8.42 Å². The van der Waals surface area contributed by atoms with Crippen LogP contribution in [-0.4, -0.2) is 40.3 Å². The Morgan fingerprint density at radius 2 is 1.53 bits per heavy atom. The Kier molecular flexibility index (Phi) is 6.37. The van der Waals surface area contributed by atoms with E-state index >= 15 is 0 Å². The van der Waals surface area contributed by atoms with Crippen LogP contribution in [0, 0.1) is 6.92 Å². The van der Waals surface area contributed by atoms with Crippen molar-refractivity contribution in [2.45, 2.75) is 24.3 Å². The average molecular weight is 500 g/mol. The molecule has 4 rings (SSSR count). The molecule has 0 spiro atoms. The molecule has 1 aliphatic heterocycles.